The van der Waals surface area contributed by atoms with Gasteiger partial charge in [0, 0.05) is 16.5 Å². The van der Waals surface area contributed by atoms with Crippen molar-refractivity contribution < 1.29 is 5.11 Å². The van der Waals surface area contributed by atoms with Crippen molar-refractivity contribution in [2.75, 3.05) is 0 Å². The van der Waals surface area contributed by atoms with E-state index in [-0.39, 0.29) is 4.75 Å². The summed E-state index contributed by atoms with van der Waals surface area (Å²) in [4.78, 5) is 4.35. The molecule has 0 aliphatic carbocycles. The zero-order chi connectivity index (χ0) is 11.6. The molecule has 0 aliphatic heterocycles. The molecule has 1 aromatic heterocycles. The van der Waals surface area contributed by atoms with Crippen LogP contribution in [0.3, 0.4) is 0 Å². The molecule has 15 heavy (non-hydrogen) atoms. The second kappa shape index (κ2) is 4.54. The Morgan fingerprint density at radius 3 is 2.40 bits per heavy atom. The standard InChI is InChI=1S/C12H19NOS/c1-8-6-11(15-12(3,4)5)13-7-10(8)9(2)14/h6-7,9,14H,1-5H3. The monoisotopic (exact) mass is 225 g/mol. The summed E-state index contributed by atoms with van der Waals surface area (Å²) < 4.78 is 0.172. The van der Waals surface area contributed by atoms with Gasteiger partial charge in [-0.05, 0) is 25.5 Å². The summed E-state index contributed by atoms with van der Waals surface area (Å²) in [6.45, 7) is 10.3. The predicted octanol–water partition coefficient (Wildman–Crippen LogP) is 3.33. The van der Waals surface area contributed by atoms with Crippen LogP contribution < -0.4 is 0 Å². The normalized spacial score (nSPS) is 14.0. The number of hydrogen-bond acceptors (Lipinski definition) is 3. The second-order valence-electron chi connectivity index (χ2n) is 4.77. The van der Waals surface area contributed by atoms with Gasteiger partial charge in [-0.3, -0.25) is 0 Å². The Balaban J connectivity index is 2.92. The highest BCUT2D eigenvalue weighted by molar-refractivity contribution is 8.00. The number of aliphatic hydroxyl groups is 1. The Bertz CT molecular complexity index is 342. The molecule has 0 saturated carbocycles. The fraction of sp³-hybridized carbons (Fsp3) is 0.583. The molecular weight excluding hydrogens is 206 g/mol. The van der Waals surface area contributed by atoms with E-state index in [1.54, 1.807) is 24.9 Å². The van der Waals surface area contributed by atoms with Crippen LogP contribution in [0.4, 0.5) is 0 Å². The number of hydrogen-bond donors (Lipinski definition) is 1. The largest absolute Gasteiger partial charge is 0.389 e. The molecule has 84 valence electrons. The van der Waals surface area contributed by atoms with Crippen LogP contribution in [0.1, 0.15) is 44.9 Å². The highest BCUT2D eigenvalue weighted by Crippen LogP contribution is 2.31. The van der Waals surface area contributed by atoms with Crippen molar-refractivity contribution in [2.24, 2.45) is 0 Å². The maximum Gasteiger partial charge on any atom is 0.0967 e. The lowest BCUT2D eigenvalue weighted by atomic mass is 10.1. The Labute approximate surface area is 96.1 Å². The Kier molecular flexibility index (Phi) is 3.79. The Hall–Kier alpha value is -0.540. The van der Waals surface area contributed by atoms with E-state index in [2.05, 4.69) is 25.8 Å². The second-order valence-corrected chi connectivity index (χ2v) is 6.62. The summed E-state index contributed by atoms with van der Waals surface area (Å²) in [6, 6.07) is 2.04. The zero-order valence-electron chi connectivity index (χ0n) is 10.0. The van der Waals surface area contributed by atoms with Gasteiger partial charge >= 0.3 is 0 Å². The van der Waals surface area contributed by atoms with Crippen molar-refractivity contribution >= 4 is 11.8 Å². The van der Waals surface area contributed by atoms with Crippen LogP contribution in [-0.4, -0.2) is 14.8 Å². The Morgan fingerprint density at radius 1 is 1.40 bits per heavy atom. The zero-order valence-corrected chi connectivity index (χ0v) is 10.9. The average Bonchev–Trinajstić information content (AvgIpc) is 1.99. The molecule has 1 heterocycles. The third-order valence-electron chi connectivity index (χ3n) is 1.99. The van der Waals surface area contributed by atoms with Crippen molar-refractivity contribution in [1.29, 1.82) is 0 Å². The lowest BCUT2D eigenvalue weighted by Crippen LogP contribution is -2.08. The van der Waals surface area contributed by atoms with Crippen molar-refractivity contribution in [3.05, 3.63) is 23.4 Å². The van der Waals surface area contributed by atoms with E-state index in [1.807, 2.05) is 13.0 Å². The third-order valence-corrected chi connectivity index (χ3v) is 3.03. The van der Waals surface area contributed by atoms with Gasteiger partial charge in [-0.25, -0.2) is 4.98 Å². The van der Waals surface area contributed by atoms with Gasteiger partial charge < -0.3 is 5.11 Å². The molecule has 0 radical (unpaired) electrons. The molecule has 1 atom stereocenters. The molecule has 1 rings (SSSR count). The summed E-state index contributed by atoms with van der Waals surface area (Å²) in [6.07, 6.45) is 1.33. The highest BCUT2D eigenvalue weighted by Gasteiger charge is 2.14. The van der Waals surface area contributed by atoms with Gasteiger partial charge in [-0.2, -0.15) is 0 Å². The van der Waals surface area contributed by atoms with Crippen molar-refractivity contribution in [3.8, 4) is 0 Å². The van der Waals surface area contributed by atoms with Crippen molar-refractivity contribution in [1.82, 2.24) is 4.98 Å². The molecule has 0 bridgehead atoms. The smallest absolute Gasteiger partial charge is 0.0967 e. The molecule has 1 N–H and O–H groups in total. The molecule has 0 spiro atoms. The maximum absolute atomic E-state index is 9.48. The minimum atomic E-state index is -0.439. The first kappa shape index (κ1) is 12.5. The molecule has 0 amide bonds. The molecule has 0 fully saturated rings. The first-order valence-electron chi connectivity index (χ1n) is 5.13. The average molecular weight is 225 g/mol. The minimum Gasteiger partial charge on any atom is -0.389 e. The fourth-order valence-electron chi connectivity index (χ4n) is 1.35. The number of nitrogens with zero attached hydrogens (tertiary/aromatic N) is 1. The van der Waals surface area contributed by atoms with Crippen LogP contribution in [0.15, 0.2) is 17.3 Å². The lowest BCUT2D eigenvalue weighted by molar-refractivity contribution is 0.198. The first-order valence-corrected chi connectivity index (χ1v) is 5.95. The van der Waals surface area contributed by atoms with E-state index in [1.165, 1.54) is 0 Å². The van der Waals surface area contributed by atoms with Crippen LogP contribution in [0.2, 0.25) is 0 Å². The third kappa shape index (κ3) is 3.84. The van der Waals surface area contributed by atoms with Gasteiger partial charge in [0.05, 0.1) is 11.1 Å². The van der Waals surface area contributed by atoms with Crippen LogP contribution in [0, 0.1) is 6.92 Å². The van der Waals surface area contributed by atoms with Gasteiger partial charge in [-0.15, -0.1) is 11.8 Å². The first-order chi connectivity index (χ1) is 6.79. The van der Waals surface area contributed by atoms with Crippen LogP contribution in [0.25, 0.3) is 0 Å². The fourth-order valence-corrected chi connectivity index (χ4v) is 2.32. The molecule has 1 unspecified atom stereocenters. The van der Waals surface area contributed by atoms with E-state index in [0.717, 1.165) is 16.2 Å². The quantitative estimate of drug-likeness (QED) is 0.784. The van der Waals surface area contributed by atoms with Gasteiger partial charge in [-0.1, -0.05) is 20.8 Å². The number of rotatable bonds is 2. The van der Waals surface area contributed by atoms with Crippen molar-refractivity contribution in [2.45, 2.75) is 50.5 Å². The molecule has 1 aromatic rings. The van der Waals surface area contributed by atoms with Crippen LogP contribution in [0.5, 0.6) is 0 Å². The number of aromatic nitrogens is 1. The maximum atomic E-state index is 9.48. The molecular formula is C12H19NOS. The summed E-state index contributed by atoms with van der Waals surface area (Å²) in [7, 11) is 0. The van der Waals surface area contributed by atoms with E-state index >= 15 is 0 Å². The number of pyridine rings is 1. The van der Waals surface area contributed by atoms with Gasteiger partial charge in [0.1, 0.15) is 0 Å². The summed E-state index contributed by atoms with van der Waals surface area (Å²) in [5.41, 5.74) is 2.01. The summed E-state index contributed by atoms with van der Waals surface area (Å²) in [5.74, 6) is 0. The number of aryl methyl sites for hydroxylation is 1. The lowest BCUT2D eigenvalue weighted by Gasteiger charge is -2.17. The predicted molar refractivity (Wildman–Crippen MR) is 65.2 cm³/mol. The summed E-state index contributed by atoms with van der Waals surface area (Å²) >= 11 is 1.74. The molecule has 2 nitrogen and oxygen atoms in total. The van der Waals surface area contributed by atoms with Gasteiger partial charge in [0.2, 0.25) is 0 Å². The van der Waals surface area contributed by atoms with E-state index in [9.17, 15) is 5.11 Å². The SMILES string of the molecule is Cc1cc(SC(C)(C)C)ncc1C(C)O. The Morgan fingerprint density at radius 2 is 2.00 bits per heavy atom. The van der Waals surface area contributed by atoms with Crippen LogP contribution in [-0.2, 0) is 0 Å². The minimum absolute atomic E-state index is 0.172. The molecule has 0 saturated heterocycles. The van der Waals surface area contributed by atoms with Crippen molar-refractivity contribution in [3.63, 3.8) is 0 Å². The molecule has 0 aliphatic rings. The number of thioether (sulfide) groups is 1. The highest BCUT2D eigenvalue weighted by atomic mass is 32.2. The summed E-state index contributed by atoms with van der Waals surface area (Å²) in [5, 5.41) is 10.5. The van der Waals surface area contributed by atoms with E-state index in [4.69, 9.17) is 0 Å². The van der Waals surface area contributed by atoms with Gasteiger partial charge in [0.15, 0.2) is 0 Å². The van der Waals surface area contributed by atoms with Crippen LogP contribution >= 0.6 is 11.8 Å². The number of aliphatic hydroxyl groups excluding tert-OH is 1. The van der Waals surface area contributed by atoms with E-state index < -0.39 is 6.10 Å². The molecule has 0 aromatic carbocycles. The van der Waals surface area contributed by atoms with Gasteiger partial charge in [0.25, 0.3) is 0 Å². The van der Waals surface area contributed by atoms with E-state index in [0.29, 0.717) is 0 Å². The topological polar surface area (TPSA) is 33.1 Å². The molecule has 3 heteroatoms.